The van der Waals surface area contributed by atoms with Gasteiger partial charge >= 0.3 is 5.25 Å². The first-order valence-corrected chi connectivity index (χ1v) is 6.34. The van der Waals surface area contributed by atoms with Crippen LogP contribution >= 0.6 is 0 Å². The summed E-state index contributed by atoms with van der Waals surface area (Å²) in [6.45, 7) is 3.11. The van der Waals surface area contributed by atoms with E-state index in [2.05, 4.69) is 5.73 Å². The van der Waals surface area contributed by atoms with Gasteiger partial charge in [0.05, 0.1) is 4.90 Å². The van der Waals surface area contributed by atoms with Crippen molar-refractivity contribution in [2.24, 2.45) is 0 Å². The van der Waals surface area contributed by atoms with Crippen molar-refractivity contribution in [3.8, 4) is 0 Å². The molecule has 1 rings (SSSR count). The number of sulfone groups is 1. The van der Waals surface area contributed by atoms with Crippen LogP contribution < -0.4 is 0 Å². The van der Waals surface area contributed by atoms with Crippen LogP contribution in [0.2, 0.25) is 0 Å². The number of benzene rings is 1. The Balaban J connectivity index is 3.29. The van der Waals surface area contributed by atoms with Gasteiger partial charge in [0.2, 0.25) is 9.84 Å². The van der Waals surface area contributed by atoms with Crippen LogP contribution in [0, 0.1) is 0 Å². The van der Waals surface area contributed by atoms with E-state index in [0.29, 0.717) is 5.57 Å². The lowest BCUT2D eigenvalue weighted by atomic mass is 10.4. The molecule has 0 aliphatic rings. The molecule has 1 aromatic carbocycles. The van der Waals surface area contributed by atoms with Crippen LogP contribution in [0.15, 0.2) is 52.6 Å². The third-order valence-corrected chi connectivity index (χ3v) is 3.67. The van der Waals surface area contributed by atoms with Crippen LogP contribution in [-0.2, 0) is 9.84 Å². The molecule has 0 unspecified atom stereocenters. The van der Waals surface area contributed by atoms with Crippen LogP contribution in [0.4, 0.5) is 8.78 Å². The molecule has 2 nitrogen and oxygen atoms in total. The van der Waals surface area contributed by atoms with Crippen molar-refractivity contribution in [2.75, 3.05) is 0 Å². The molecule has 0 radical (unpaired) electrons. The van der Waals surface area contributed by atoms with E-state index in [4.69, 9.17) is 0 Å². The quantitative estimate of drug-likeness (QED) is 0.780. The second kappa shape index (κ2) is 4.82. The minimum absolute atomic E-state index is 0.282. The lowest BCUT2D eigenvalue weighted by Gasteiger charge is -2.11. The highest BCUT2D eigenvalue weighted by Crippen LogP contribution is 2.29. The first-order chi connectivity index (χ1) is 7.77. The van der Waals surface area contributed by atoms with Gasteiger partial charge < -0.3 is 0 Å². The number of rotatable bonds is 3. The van der Waals surface area contributed by atoms with Gasteiger partial charge in [-0.05, 0) is 31.6 Å². The van der Waals surface area contributed by atoms with Gasteiger partial charge in [0, 0.05) is 6.08 Å². The van der Waals surface area contributed by atoms with Crippen molar-refractivity contribution in [3.05, 3.63) is 47.7 Å². The van der Waals surface area contributed by atoms with Crippen LogP contribution in [0.25, 0.3) is 0 Å². The van der Waals surface area contributed by atoms with Crippen molar-refractivity contribution >= 4 is 9.84 Å². The zero-order valence-corrected chi connectivity index (χ0v) is 10.3. The third-order valence-electron chi connectivity index (χ3n) is 1.94. The monoisotopic (exact) mass is 258 g/mol. The molecule has 0 aromatic heterocycles. The maximum atomic E-state index is 13.5. The van der Waals surface area contributed by atoms with Crippen molar-refractivity contribution in [3.63, 3.8) is 0 Å². The van der Waals surface area contributed by atoms with Gasteiger partial charge in [-0.3, -0.25) is 0 Å². The number of hydrogen-bond acceptors (Lipinski definition) is 2. The Bertz CT molecular complexity index is 549. The molecule has 0 saturated carbocycles. The van der Waals surface area contributed by atoms with E-state index in [0.717, 1.165) is 12.1 Å². The van der Waals surface area contributed by atoms with Crippen molar-refractivity contribution in [1.29, 1.82) is 0 Å². The Morgan fingerprint density at radius 3 is 2.24 bits per heavy atom. The largest absolute Gasteiger partial charge is 0.375 e. The molecule has 0 fully saturated rings. The highest BCUT2D eigenvalue weighted by Gasteiger charge is 2.43. The molecule has 92 valence electrons. The van der Waals surface area contributed by atoms with Gasteiger partial charge in [0.15, 0.2) is 0 Å². The number of alkyl halides is 2. The molecule has 0 aliphatic carbocycles. The zero-order valence-electron chi connectivity index (χ0n) is 9.44. The molecule has 0 amide bonds. The smallest absolute Gasteiger partial charge is 0.217 e. The molecule has 1 aromatic rings. The predicted molar refractivity (Wildman–Crippen MR) is 61.5 cm³/mol. The molecule has 0 heterocycles. The molecule has 0 bridgehead atoms. The molecule has 0 saturated heterocycles. The Labute approximate surface area is 99.2 Å². The molecule has 0 N–H and O–H groups in total. The summed E-state index contributed by atoms with van der Waals surface area (Å²) in [6, 6.07) is 6.63. The molecule has 5 heteroatoms. The van der Waals surface area contributed by atoms with Crippen molar-refractivity contribution < 1.29 is 17.2 Å². The van der Waals surface area contributed by atoms with Gasteiger partial charge in [-0.2, -0.15) is 8.78 Å². The Morgan fingerprint density at radius 1 is 1.24 bits per heavy atom. The second-order valence-corrected chi connectivity index (χ2v) is 5.69. The summed E-state index contributed by atoms with van der Waals surface area (Å²) in [6.07, 6.45) is 0.282. The van der Waals surface area contributed by atoms with Gasteiger partial charge in [-0.1, -0.05) is 18.2 Å². The summed E-state index contributed by atoms with van der Waals surface area (Å²) in [5.41, 5.74) is 2.70. The third kappa shape index (κ3) is 3.02. The van der Waals surface area contributed by atoms with E-state index in [1.54, 1.807) is 19.9 Å². The Hall–Kier alpha value is -1.45. The molecular formula is C12H12F2O2S. The zero-order chi connectivity index (χ0) is 13.1. The van der Waals surface area contributed by atoms with Crippen molar-refractivity contribution in [2.45, 2.75) is 24.0 Å². The minimum atomic E-state index is -4.70. The highest BCUT2D eigenvalue weighted by molar-refractivity contribution is 7.92. The van der Waals surface area contributed by atoms with Gasteiger partial charge in [0.25, 0.3) is 0 Å². The van der Waals surface area contributed by atoms with Gasteiger partial charge in [-0.25, -0.2) is 8.42 Å². The molecular weight excluding hydrogens is 246 g/mol. The van der Waals surface area contributed by atoms with E-state index in [1.165, 1.54) is 12.1 Å². The number of halogens is 2. The van der Waals surface area contributed by atoms with Crippen LogP contribution in [0.3, 0.4) is 0 Å². The maximum Gasteiger partial charge on any atom is 0.375 e. The Morgan fingerprint density at radius 2 is 1.76 bits per heavy atom. The fourth-order valence-electron chi connectivity index (χ4n) is 1.06. The standard InChI is InChI=1S/C12H12F2O2S/c1-10(2)8-9-12(13,14)17(15,16)11-6-4-3-5-7-11/h3-7,9H,1-2H3. The fraction of sp³-hybridized carbons (Fsp3) is 0.250. The average molecular weight is 258 g/mol. The van der Waals surface area contributed by atoms with E-state index in [-0.39, 0.29) is 6.08 Å². The van der Waals surface area contributed by atoms with Crippen LogP contribution in [-0.4, -0.2) is 13.7 Å². The SMILES string of the molecule is CC(C)=C=CC(F)(F)S(=O)(=O)c1ccccc1. The maximum absolute atomic E-state index is 13.5. The summed E-state index contributed by atoms with van der Waals surface area (Å²) >= 11 is 0. The molecule has 0 aliphatic heterocycles. The second-order valence-electron chi connectivity index (χ2n) is 3.67. The first-order valence-electron chi connectivity index (χ1n) is 4.86. The topological polar surface area (TPSA) is 34.1 Å². The Kier molecular flexibility index (Phi) is 3.86. The summed E-state index contributed by atoms with van der Waals surface area (Å²) in [5, 5.41) is -3.95. The molecule has 0 spiro atoms. The summed E-state index contributed by atoms with van der Waals surface area (Å²) in [7, 11) is -4.70. The number of hydrogen-bond donors (Lipinski definition) is 0. The minimum Gasteiger partial charge on any atom is -0.217 e. The van der Waals surface area contributed by atoms with Gasteiger partial charge in [0.1, 0.15) is 0 Å². The van der Waals surface area contributed by atoms with Gasteiger partial charge in [-0.15, -0.1) is 5.73 Å². The first kappa shape index (κ1) is 13.6. The van der Waals surface area contributed by atoms with Crippen molar-refractivity contribution in [1.82, 2.24) is 0 Å². The lowest BCUT2D eigenvalue weighted by Crippen LogP contribution is -2.26. The molecule has 17 heavy (non-hydrogen) atoms. The summed E-state index contributed by atoms with van der Waals surface area (Å²) in [5.74, 6) is 0. The summed E-state index contributed by atoms with van der Waals surface area (Å²) in [4.78, 5) is -0.406. The van der Waals surface area contributed by atoms with E-state index >= 15 is 0 Å². The predicted octanol–water partition coefficient (Wildman–Crippen LogP) is 3.17. The fourth-order valence-corrected chi connectivity index (χ4v) is 2.11. The average Bonchev–Trinajstić information content (AvgIpc) is 2.27. The van der Waals surface area contributed by atoms with E-state index in [1.807, 2.05) is 0 Å². The van der Waals surface area contributed by atoms with Crippen LogP contribution in [0.1, 0.15) is 13.8 Å². The molecule has 0 atom stereocenters. The van der Waals surface area contributed by atoms with E-state index < -0.39 is 20.0 Å². The highest BCUT2D eigenvalue weighted by atomic mass is 32.2. The lowest BCUT2D eigenvalue weighted by molar-refractivity contribution is 0.147. The normalized spacial score (nSPS) is 11.8. The van der Waals surface area contributed by atoms with E-state index in [9.17, 15) is 17.2 Å². The van der Waals surface area contributed by atoms with Crippen LogP contribution in [0.5, 0.6) is 0 Å². The summed E-state index contributed by atoms with van der Waals surface area (Å²) < 4.78 is 50.3.